The van der Waals surface area contributed by atoms with Gasteiger partial charge in [0, 0.05) is 51.5 Å². The molecule has 1 saturated heterocycles. The predicted molar refractivity (Wildman–Crippen MR) is 106 cm³/mol. The van der Waals surface area contributed by atoms with Crippen LogP contribution in [-0.4, -0.2) is 56.0 Å². The molecule has 0 aromatic heterocycles. The third-order valence-corrected chi connectivity index (χ3v) is 4.71. The molecule has 1 heterocycles. The van der Waals surface area contributed by atoms with Crippen LogP contribution >= 0.6 is 0 Å². The average molecular weight is 366 g/mol. The molecule has 0 spiro atoms. The smallest absolute Gasteiger partial charge is 0.309 e. The maximum absolute atomic E-state index is 11.9. The monoisotopic (exact) mass is 366 g/mol. The Morgan fingerprint density at radius 2 is 1.37 bits per heavy atom. The normalized spacial score (nSPS) is 14.6. The number of piperazine rings is 1. The van der Waals surface area contributed by atoms with Crippen molar-refractivity contribution in [2.75, 3.05) is 44.2 Å². The number of nitrogens with one attached hydrogen (secondary N) is 2. The Hall–Kier alpha value is -2.86. The Morgan fingerprint density at radius 3 is 2.04 bits per heavy atom. The van der Waals surface area contributed by atoms with Crippen LogP contribution in [0.15, 0.2) is 60.7 Å². The zero-order chi connectivity index (χ0) is 18.9. The van der Waals surface area contributed by atoms with Crippen molar-refractivity contribution >= 4 is 17.5 Å². The second-order valence-corrected chi connectivity index (χ2v) is 6.59. The molecule has 0 atom stereocenters. The first-order valence-electron chi connectivity index (χ1n) is 9.35. The summed E-state index contributed by atoms with van der Waals surface area (Å²) in [5, 5.41) is 5.34. The summed E-state index contributed by atoms with van der Waals surface area (Å²) in [5.74, 6) is -1.17. The first-order valence-corrected chi connectivity index (χ1v) is 9.35. The van der Waals surface area contributed by atoms with E-state index in [1.54, 1.807) is 0 Å². The molecule has 2 amide bonds. The number of hydrogen-bond acceptors (Lipinski definition) is 4. The van der Waals surface area contributed by atoms with E-state index in [1.165, 1.54) is 5.69 Å². The van der Waals surface area contributed by atoms with Gasteiger partial charge in [-0.15, -0.1) is 0 Å². The molecule has 0 saturated carbocycles. The number of para-hydroxylation sites is 1. The zero-order valence-corrected chi connectivity index (χ0v) is 15.4. The molecule has 2 aromatic rings. The number of hydrogen-bond donors (Lipinski definition) is 2. The van der Waals surface area contributed by atoms with Crippen LogP contribution in [0.3, 0.4) is 0 Å². The lowest BCUT2D eigenvalue weighted by molar-refractivity contribution is -0.139. The minimum absolute atomic E-state index is 0.356. The van der Waals surface area contributed by atoms with Crippen molar-refractivity contribution < 1.29 is 9.59 Å². The topological polar surface area (TPSA) is 64.7 Å². The molecule has 0 aliphatic carbocycles. The summed E-state index contributed by atoms with van der Waals surface area (Å²) in [4.78, 5) is 28.4. The van der Waals surface area contributed by atoms with E-state index >= 15 is 0 Å². The largest absolute Gasteiger partial charge is 0.369 e. The van der Waals surface area contributed by atoms with Crippen molar-refractivity contribution in [2.45, 2.75) is 6.54 Å². The maximum atomic E-state index is 11.9. The number of rotatable bonds is 6. The van der Waals surface area contributed by atoms with Gasteiger partial charge < -0.3 is 15.5 Å². The standard InChI is InChI=1S/C21H26N4O2/c26-20(21(27)23-17-18-7-3-1-4-8-18)22-11-12-24-13-15-25(16-14-24)19-9-5-2-6-10-19/h1-10H,11-17H2,(H,22,26)(H,23,27). The Morgan fingerprint density at radius 1 is 0.778 bits per heavy atom. The highest BCUT2D eigenvalue weighted by molar-refractivity contribution is 6.35. The molecule has 2 N–H and O–H groups in total. The quantitative estimate of drug-likeness (QED) is 0.755. The van der Waals surface area contributed by atoms with E-state index in [4.69, 9.17) is 0 Å². The molecule has 1 fully saturated rings. The van der Waals surface area contributed by atoms with Gasteiger partial charge in [-0.05, 0) is 17.7 Å². The number of benzene rings is 2. The van der Waals surface area contributed by atoms with Gasteiger partial charge in [-0.3, -0.25) is 14.5 Å². The summed E-state index contributed by atoms with van der Waals surface area (Å²) in [6, 6.07) is 19.9. The fraction of sp³-hybridized carbons (Fsp3) is 0.333. The molecule has 2 aromatic carbocycles. The highest BCUT2D eigenvalue weighted by Gasteiger charge is 2.18. The van der Waals surface area contributed by atoms with Crippen molar-refractivity contribution in [3.63, 3.8) is 0 Å². The SMILES string of the molecule is O=C(NCCN1CCN(c2ccccc2)CC1)C(=O)NCc1ccccc1. The van der Waals surface area contributed by atoms with Crippen LogP contribution in [-0.2, 0) is 16.1 Å². The van der Waals surface area contributed by atoms with Gasteiger partial charge in [-0.2, -0.15) is 0 Å². The van der Waals surface area contributed by atoms with Gasteiger partial charge in [0.05, 0.1) is 0 Å². The Bertz CT molecular complexity index is 728. The van der Waals surface area contributed by atoms with E-state index < -0.39 is 11.8 Å². The fourth-order valence-corrected chi connectivity index (χ4v) is 3.13. The summed E-state index contributed by atoms with van der Waals surface area (Å²) in [5.41, 5.74) is 2.22. The summed E-state index contributed by atoms with van der Waals surface area (Å²) in [6.45, 7) is 5.42. The van der Waals surface area contributed by atoms with E-state index in [2.05, 4.69) is 44.7 Å². The molecule has 0 bridgehead atoms. The molecule has 6 heteroatoms. The number of carbonyl (C=O) groups is 2. The lowest BCUT2D eigenvalue weighted by Crippen LogP contribution is -2.49. The van der Waals surface area contributed by atoms with Crippen LogP contribution in [0.1, 0.15) is 5.56 Å². The molecule has 1 aliphatic rings. The van der Waals surface area contributed by atoms with Crippen molar-refractivity contribution in [1.29, 1.82) is 0 Å². The fourth-order valence-electron chi connectivity index (χ4n) is 3.13. The Balaban J connectivity index is 1.31. The lowest BCUT2D eigenvalue weighted by Gasteiger charge is -2.36. The lowest BCUT2D eigenvalue weighted by atomic mass is 10.2. The van der Waals surface area contributed by atoms with Crippen LogP contribution in [0.25, 0.3) is 0 Å². The summed E-state index contributed by atoms with van der Waals surface area (Å²) >= 11 is 0. The van der Waals surface area contributed by atoms with Gasteiger partial charge in [0.2, 0.25) is 0 Å². The molecule has 27 heavy (non-hydrogen) atoms. The van der Waals surface area contributed by atoms with Crippen molar-refractivity contribution in [3.8, 4) is 0 Å². The third kappa shape index (κ3) is 5.82. The van der Waals surface area contributed by atoms with Crippen LogP contribution in [0, 0.1) is 0 Å². The summed E-state index contributed by atoms with van der Waals surface area (Å²) in [6.07, 6.45) is 0. The van der Waals surface area contributed by atoms with Gasteiger partial charge in [0.25, 0.3) is 0 Å². The van der Waals surface area contributed by atoms with E-state index in [0.29, 0.717) is 13.1 Å². The predicted octanol–water partition coefficient (Wildman–Crippen LogP) is 1.24. The van der Waals surface area contributed by atoms with E-state index in [-0.39, 0.29) is 0 Å². The molecule has 6 nitrogen and oxygen atoms in total. The highest BCUT2D eigenvalue weighted by atomic mass is 16.2. The summed E-state index contributed by atoms with van der Waals surface area (Å²) < 4.78 is 0. The number of carbonyl (C=O) groups excluding carboxylic acids is 2. The van der Waals surface area contributed by atoms with E-state index in [9.17, 15) is 9.59 Å². The highest BCUT2D eigenvalue weighted by Crippen LogP contribution is 2.15. The second kappa shape index (κ2) is 9.73. The minimum atomic E-state index is -0.590. The van der Waals surface area contributed by atoms with Gasteiger partial charge >= 0.3 is 11.8 Å². The maximum Gasteiger partial charge on any atom is 0.309 e. The first kappa shape index (κ1) is 18.9. The molecule has 0 radical (unpaired) electrons. The van der Waals surface area contributed by atoms with Crippen molar-refractivity contribution in [3.05, 3.63) is 66.2 Å². The van der Waals surface area contributed by atoms with E-state index in [1.807, 2.05) is 36.4 Å². The molecule has 142 valence electrons. The third-order valence-electron chi connectivity index (χ3n) is 4.71. The van der Waals surface area contributed by atoms with Gasteiger partial charge in [0.1, 0.15) is 0 Å². The van der Waals surface area contributed by atoms with Crippen LogP contribution in [0.4, 0.5) is 5.69 Å². The van der Waals surface area contributed by atoms with Crippen molar-refractivity contribution in [2.24, 2.45) is 0 Å². The second-order valence-electron chi connectivity index (χ2n) is 6.59. The van der Waals surface area contributed by atoms with E-state index in [0.717, 1.165) is 38.3 Å². The van der Waals surface area contributed by atoms with Gasteiger partial charge in [0.15, 0.2) is 0 Å². The number of anilines is 1. The van der Waals surface area contributed by atoms with Gasteiger partial charge in [-0.1, -0.05) is 48.5 Å². The average Bonchev–Trinajstić information content (AvgIpc) is 2.74. The molecule has 1 aliphatic heterocycles. The number of amides is 2. The molecule has 3 rings (SSSR count). The Kier molecular flexibility index (Phi) is 6.82. The molecular weight excluding hydrogens is 340 g/mol. The molecular formula is C21H26N4O2. The van der Waals surface area contributed by atoms with Crippen LogP contribution in [0.5, 0.6) is 0 Å². The first-order chi connectivity index (χ1) is 13.2. The number of nitrogens with zero attached hydrogens (tertiary/aromatic N) is 2. The Labute approximate surface area is 160 Å². The van der Waals surface area contributed by atoms with Crippen LogP contribution in [0.2, 0.25) is 0 Å². The zero-order valence-electron chi connectivity index (χ0n) is 15.4. The van der Waals surface area contributed by atoms with Crippen LogP contribution < -0.4 is 15.5 Å². The van der Waals surface area contributed by atoms with Gasteiger partial charge in [-0.25, -0.2) is 0 Å². The van der Waals surface area contributed by atoms with Crippen molar-refractivity contribution in [1.82, 2.24) is 15.5 Å². The minimum Gasteiger partial charge on any atom is -0.369 e. The molecule has 0 unspecified atom stereocenters. The summed E-state index contributed by atoms with van der Waals surface area (Å²) in [7, 11) is 0.